The number of benzene rings is 1. The Bertz CT molecular complexity index is 604. The number of guanidine groups is 1. The van der Waals surface area contributed by atoms with Crippen molar-refractivity contribution in [3.63, 3.8) is 0 Å². The SMILES string of the molecule is CCNC(=NCC(C)(O)CN1CCOCC1)NCC(C)c1cccc(C)c1.I. The highest BCUT2D eigenvalue weighted by Crippen LogP contribution is 2.15. The quantitative estimate of drug-likeness (QED) is 0.288. The van der Waals surface area contributed by atoms with Crippen molar-refractivity contribution in [3.8, 4) is 0 Å². The van der Waals surface area contributed by atoms with E-state index in [1.165, 1.54) is 11.1 Å². The van der Waals surface area contributed by atoms with Crippen molar-refractivity contribution in [1.29, 1.82) is 0 Å². The number of hydrogen-bond donors (Lipinski definition) is 3. The van der Waals surface area contributed by atoms with Gasteiger partial charge in [-0.25, -0.2) is 0 Å². The van der Waals surface area contributed by atoms with Crippen molar-refractivity contribution in [1.82, 2.24) is 15.5 Å². The first-order valence-electron chi connectivity index (χ1n) is 10.0. The highest BCUT2D eigenvalue weighted by atomic mass is 127. The summed E-state index contributed by atoms with van der Waals surface area (Å²) in [5.74, 6) is 1.13. The number of halogens is 1. The Morgan fingerprint density at radius 2 is 2.04 bits per heavy atom. The molecular weight excluding hydrogens is 467 g/mol. The molecule has 6 nitrogen and oxygen atoms in total. The number of aliphatic imine (C=N–C) groups is 1. The molecule has 2 unspecified atom stereocenters. The van der Waals surface area contributed by atoms with Gasteiger partial charge in [0, 0.05) is 32.7 Å². The van der Waals surface area contributed by atoms with Crippen LogP contribution in [0.2, 0.25) is 0 Å². The molecule has 1 aromatic rings. The fourth-order valence-corrected chi connectivity index (χ4v) is 3.23. The van der Waals surface area contributed by atoms with Crippen molar-refractivity contribution in [2.24, 2.45) is 4.99 Å². The van der Waals surface area contributed by atoms with Gasteiger partial charge in [0.05, 0.1) is 25.4 Å². The van der Waals surface area contributed by atoms with E-state index in [9.17, 15) is 5.11 Å². The van der Waals surface area contributed by atoms with Crippen LogP contribution in [0.3, 0.4) is 0 Å². The zero-order valence-corrected chi connectivity index (χ0v) is 20.0. The van der Waals surface area contributed by atoms with Crippen molar-refractivity contribution in [2.75, 3.05) is 52.5 Å². The van der Waals surface area contributed by atoms with E-state index >= 15 is 0 Å². The maximum atomic E-state index is 10.7. The largest absolute Gasteiger partial charge is 0.387 e. The van der Waals surface area contributed by atoms with Crippen LogP contribution in [0.4, 0.5) is 0 Å². The summed E-state index contributed by atoms with van der Waals surface area (Å²) < 4.78 is 5.37. The van der Waals surface area contributed by atoms with Crippen LogP contribution in [-0.2, 0) is 4.74 Å². The third-order valence-electron chi connectivity index (χ3n) is 4.78. The molecule has 0 spiro atoms. The summed E-state index contributed by atoms with van der Waals surface area (Å²) >= 11 is 0. The number of aryl methyl sites for hydroxylation is 1. The zero-order valence-electron chi connectivity index (χ0n) is 17.7. The van der Waals surface area contributed by atoms with Gasteiger partial charge in [0.1, 0.15) is 0 Å². The van der Waals surface area contributed by atoms with Crippen molar-refractivity contribution in [2.45, 2.75) is 39.2 Å². The number of nitrogens with one attached hydrogen (secondary N) is 2. The Hall–Kier alpha value is -0.900. The summed E-state index contributed by atoms with van der Waals surface area (Å²) in [6.07, 6.45) is 0. The molecule has 2 rings (SSSR count). The lowest BCUT2D eigenvalue weighted by Crippen LogP contribution is -2.48. The molecule has 1 saturated heterocycles. The van der Waals surface area contributed by atoms with Gasteiger partial charge in [-0.05, 0) is 32.3 Å². The van der Waals surface area contributed by atoms with E-state index in [1.807, 2.05) is 13.8 Å². The normalized spacial score (nSPS) is 18.7. The molecule has 0 aromatic heterocycles. The van der Waals surface area contributed by atoms with E-state index in [4.69, 9.17) is 4.74 Å². The Morgan fingerprint density at radius 1 is 1.32 bits per heavy atom. The molecule has 1 heterocycles. The summed E-state index contributed by atoms with van der Waals surface area (Å²) in [5.41, 5.74) is 1.73. The van der Waals surface area contributed by atoms with Crippen molar-refractivity contribution < 1.29 is 9.84 Å². The summed E-state index contributed by atoms with van der Waals surface area (Å²) in [7, 11) is 0. The van der Waals surface area contributed by atoms with Gasteiger partial charge in [0.2, 0.25) is 0 Å². The van der Waals surface area contributed by atoms with E-state index in [0.29, 0.717) is 19.0 Å². The second-order valence-electron chi connectivity index (χ2n) is 7.78. The van der Waals surface area contributed by atoms with Gasteiger partial charge in [-0.2, -0.15) is 0 Å². The van der Waals surface area contributed by atoms with Gasteiger partial charge in [0.25, 0.3) is 0 Å². The number of nitrogens with zero attached hydrogens (tertiary/aromatic N) is 2. The lowest BCUT2D eigenvalue weighted by atomic mass is 9.99. The minimum absolute atomic E-state index is 0. The third-order valence-corrected chi connectivity index (χ3v) is 4.78. The monoisotopic (exact) mass is 504 g/mol. The van der Waals surface area contributed by atoms with Gasteiger partial charge in [-0.3, -0.25) is 9.89 Å². The van der Waals surface area contributed by atoms with Gasteiger partial charge in [-0.1, -0.05) is 36.8 Å². The summed E-state index contributed by atoms with van der Waals surface area (Å²) in [4.78, 5) is 6.86. The number of morpholine rings is 1. The standard InChI is InChI=1S/C21H36N4O2.HI/c1-5-22-20(23-14-18(3)19-8-6-7-17(2)13-19)24-15-21(4,26)16-25-9-11-27-12-10-25;/h6-8,13,18,26H,5,9-12,14-16H2,1-4H3,(H2,22,23,24);1H. The predicted octanol–water partition coefficient (Wildman–Crippen LogP) is 2.35. The molecule has 3 N–H and O–H groups in total. The minimum atomic E-state index is -0.859. The number of hydrogen-bond acceptors (Lipinski definition) is 4. The maximum Gasteiger partial charge on any atom is 0.191 e. The number of ether oxygens (including phenoxy) is 1. The lowest BCUT2D eigenvalue weighted by molar-refractivity contribution is -0.0179. The van der Waals surface area contributed by atoms with Crippen LogP contribution in [-0.4, -0.2) is 74.0 Å². The Kier molecular flexibility index (Phi) is 11.3. The maximum absolute atomic E-state index is 10.7. The van der Waals surface area contributed by atoms with Crippen LogP contribution >= 0.6 is 24.0 Å². The van der Waals surface area contributed by atoms with Crippen LogP contribution in [0, 0.1) is 6.92 Å². The first-order valence-corrected chi connectivity index (χ1v) is 10.0. The summed E-state index contributed by atoms with van der Waals surface area (Å²) in [5, 5.41) is 17.4. The second kappa shape index (κ2) is 12.6. The number of aliphatic hydroxyl groups is 1. The summed E-state index contributed by atoms with van der Waals surface area (Å²) in [6, 6.07) is 8.61. The van der Waals surface area contributed by atoms with E-state index in [0.717, 1.165) is 45.4 Å². The van der Waals surface area contributed by atoms with Gasteiger partial charge in [0.15, 0.2) is 5.96 Å². The molecule has 0 saturated carbocycles. The average molecular weight is 504 g/mol. The average Bonchev–Trinajstić information content (AvgIpc) is 2.64. The molecule has 1 fully saturated rings. The van der Waals surface area contributed by atoms with Crippen LogP contribution in [0.1, 0.15) is 37.8 Å². The van der Waals surface area contributed by atoms with Crippen LogP contribution < -0.4 is 10.6 Å². The Morgan fingerprint density at radius 3 is 2.68 bits per heavy atom. The second-order valence-corrected chi connectivity index (χ2v) is 7.78. The van der Waals surface area contributed by atoms with Crippen molar-refractivity contribution >= 4 is 29.9 Å². The first-order chi connectivity index (χ1) is 12.9. The molecule has 2 atom stereocenters. The first kappa shape index (κ1) is 25.1. The molecule has 0 radical (unpaired) electrons. The molecule has 1 aliphatic heterocycles. The molecule has 28 heavy (non-hydrogen) atoms. The highest BCUT2D eigenvalue weighted by Gasteiger charge is 2.25. The van der Waals surface area contributed by atoms with Crippen LogP contribution in [0.5, 0.6) is 0 Å². The molecule has 1 aliphatic rings. The highest BCUT2D eigenvalue weighted by molar-refractivity contribution is 14.0. The fourth-order valence-electron chi connectivity index (χ4n) is 3.23. The molecule has 0 bridgehead atoms. The zero-order chi connectivity index (χ0) is 19.7. The molecule has 160 valence electrons. The molecule has 0 aliphatic carbocycles. The number of β-amino-alcohol motifs (C(OH)–C–C–N with tert-alkyl or cyclic N) is 1. The Balaban J connectivity index is 0.00000392. The smallest absolute Gasteiger partial charge is 0.191 e. The van der Waals surface area contributed by atoms with E-state index in [2.05, 4.69) is 58.6 Å². The third kappa shape index (κ3) is 9.07. The van der Waals surface area contributed by atoms with E-state index < -0.39 is 5.60 Å². The van der Waals surface area contributed by atoms with Crippen LogP contribution in [0.25, 0.3) is 0 Å². The fraction of sp³-hybridized carbons (Fsp3) is 0.667. The molecule has 1 aromatic carbocycles. The molecule has 0 amide bonds. The lowest BCUT2D eigenvalue weighted by Gasteiger charge is -2.33. The minimum Gasteiger partial charge on any atom is -0.387 e. The summed E-state index contributed by atoms with van der Waals surface area (Å²) in [6.45, 7) is 14.0. The van der Waals surface area contributed by atoms with E-state index in [1.54, 1.807) is 0 Å². The van der Waals surface area contributed by atoms with Crippen LogP contribution in [0.15, 0.2) is 29.3 Å². The Labute approximate surface area is 187 Å². The van der Waals surface area contributed by atoms with Crippen molar-refractivity contribution in [3.05, 3.63) is 35.4 Å². The molecule has 7 heteroatoms. The predicted molar refractivity (Wildman–Crippen MR) is 127 cm³/mol. The van der Waals surface area contributed by atoms with Gasteiger partial charge in [-0.15, -0.1) is 24.0 Å². The number of rotatable bonds is 8. The van der Waals surface area contributed by atoms with E-state index in [-0.39, 0.29) is 24.0 Å². The van der Waals surface area contributed by atoms with Gasteiger partial charge < -0.3 is 20.5 Å². The van der Waals surface area contributed by atoms with Gasteiger partial charge >= 0.3 is 0 Å². The molecular formula is C21H37IN4O2. The topological polar surface area (TPSA) is 69.1 Å².